The van der Waals surface area contributed by atoms with Gasteiger partial charge in [-0.3, -0.25) is 4.79 Å². The van der Waals surface area contributed by atoms with Crippen molar-refractivity contribution in [1.29, 1.82) is 0 Å². The third kappa shape index (κ3) is 4.92. The van der Waals surface area contributed by atoms with Crippen molar-refractivity contribution in [3.8, 4) is 0 Å². The Morgan fingerprint density at radius 2 is 2.00 bits per heavy atom. The molecular formula is C18H26N2O. The molecule has 114 valence electrons. The van der Waals surface area contributed by atoms with E-state index in [1.165, 1.54) is 11.3 Å². The van der Waals surface area contributed by atoms with Crippen LogP contribution in [0, 0.1) is 5.92 Å². The predicted molar refractivity (Wildman–Crippen MR) is 88.6 cm³/mol. The Balaban J connectivity index is 1.67. The molecule has 0 unspecified atom stereocenters. The van der Waals surface area contributed by atoms with Crippen LogP contribution in [0.3, 0.4) is 0 Å². The standard InChI is InChI=1S/C18H26N2O/c1-20(2)17-12-10-15(11-13-17)7-6-14-19-18(21)16-8-4-3-5-9-16/h3-4,10-13,16H,5-9,14H2,1-2H3,(H,19,21)/t16-/m0/s1. The molecule has 3 heteroatoms. The highest BCUT2D eigenvalue weighted by molar-refractivity contribution is 5.78. The van der Waals surface area contributed by atoms with E-state index in [0.717, 1.165) is 38.6 Å². The molecule has 0 aromatic heterocycles. The molecule has 1 aromatic carbocycles. The van der Waals surface area contributed by atoms with Crippen molar-refractivity contribution in [1.82, 2.24) is 5.32 Å². The van der Waals surface area contributed by atoms with Crippen molar-refractivity contribution >= 4 is 11.6 Å². The second-order valence-corrected chi connectivity index (χ2v) is 5.94. The number of rotatable bonds is 6. The molecular weight excluding hydrogens is 260 g/mol. The van der Waals surface area contributed by atoms with E-state index in [-0.39, 0.29) is 11.8 Å². The van der Waals surface area contributed by atoms with Crippen LogP contribution in [0.5, 0.6) is 0 Å². The molecule has 1 amide bonds. The van der Waals surface area contributed by atoms with E-state index in [1.807, 2.05) is 14.1 Å². The molecule has 0 heterocycles. The van der Waals surface area contributed by atoms with Gasteiger partial charge in [0.15, 0.2) is 0 Å². The van der Waals surface area contributed by atoms with Crippen molar-refractivity contribution in [2.75, 3.05) is 25.5 Å². The lowest BCUT2D eigenvalue weighted by molar-refractivity contribution is -0.125. The van der Waals surface area contributed by atoms with Crippen LogP contribution >= 0.6 is 0 Å². The highest BCUT2D eigenvalue weighted by atomic mass is 16.1. The Bertz CT molecular complexity index is 476. The van der Waals surface area contributed by atoms with Crippen molar-refractivity contribution in [2.24, 2.45) is 5.92 Å². The lowest BCUT2D eigenvalue weighted by atomic mass is 9.93. The van der Waals surface area contributed by atoms with E-state index < -0.39 is 0 Å². The van der Waals surface area contributed by atoms with Gasteiger partial charge in [0.1, 0.15) is 0 Å². The maximum atomic E-state index is 12.0. The zero-order valence-corrected chi connectivity index (χ0v) is 13.1. The van der Waals surface area contributed by atoms with Crippen LogP contribution in [0.1, 0.15) is 31.2 Å². The number of nitrogens with zero attached hydrogens (tertiary/aromatic N) is 1. The van der Waals surface area contributed by atoms with Gasteiger partial charge < -0.3 is 10.2 Å². The lowest BCUT2D eigenvalue weighted by Crippen LogP contribution is -2.32. The van der Waals surface area contributed by atoms with Crippen LogP contribution < -0.4 is 10.2 Å². The third-order valence-electron chi connectivity index (χ3n) is 4.03. The van der Waals surface area contributed by atoms with E-state index in [2.05, 4.69) is 46.6 Å². The van der Waals surface area contributed by atoms with Crippen LogP contribution in [-0.2, 0) is 11.2 Å². The molecule has 1 aromatic rings. The average molecular weight is 286 g/mol. The minimum absolute atomic E-state index is 0.189. The Labute approximate surface area is 128 Å². The molecule has 0 aliphatic heterocycles. The fraction of sp³-hybridized carbons (Fsp3) is 0.500. The first kappa shape index (κ1) is 15.6. The SMILES string of the molecule is CN(C)c1ccc(CCCNC(=O)[C@H]2CC=CCC2)cc1. The Kier molecular flexibility index (Phi) is 5.85. The summed E-state index contributed by atoms with van der Waals surface area (Å²) in [5.41, 5.74) is 2.55. The topological polar surface area (TPSA) is 32.3 Å². The fourth-order valence-electron chi connectivity index (χ4n) is 2.64. The number of aryl methyl sites for hydroxylation is 1. The maximum Gasteiger partial charge on any atom is 0.223 e. The number of nitrogens with one attached hydrogen (secondary N) is 1. The van der Waals surface area contributed by atoms with Crippen LogP contribution in [0.2, 0.25) is 0 Å². The van der Waals surface area contributed by atoms with E-state index in [0.29, 0.717) is 0 Å². The smallest absolute Gasteiger partial charge is 0.223 e. The van der Waals surface area contributed by atoms with Gasteiger partial charge in [-0.15, -0.1) is 0 Å². The summed E-state index contributed by atoms with van der Waals surface area (Å²) < 4.78 is 0. The molecule has 1 aliphatic rings. The number of allylic oxidation sites excluding steroid dienone is 2. The van der Waals surface area contributed by atoms with Gasteiger partial charge in [0.05, 0.1) is 0 Å². The minimum Gasteiger partial charge on any atom is -0.378 e. The summed E-state index contributed by atoms with van der Waals surface area (Å²) in [7, 11) is 4.09. The first-order valence-electron chi connectivity index (χ1n) is 7.86. The molecule has 0 spiro atoms. The lowest BCUT2D eigenvalue weighted by Gasteiger charge is -2.17. The van der Waals surface area contributed by atoms with Crippen LogP contribution in [0.15, 0.2) is 36.4 Å². The summed E-state index contributed by atoms with van der Waals surface area (Å²) >= 11 is 0. The average Bonchev–Trinajstić information content (AvgIpc) is 2.52. The zero-order valence-electron chi connectivity index (χ0n) is 13.1. The van der Waals surface area contributed by atoms with Crippen LogP contribution in [-0.4, -0.2) is 26.5 Å². The number of carbonyl (C=O) groups excluding carboxylic acids is 1. The van der Waals surface area contributed by atoms with Crippen molar-refractivity contribution in [3.63, 3.8) is 0 Å². The van der Waals surface area contributed by atoms with E-state index in [1.54, 1.807) is 0 Å². The first-order chi connectivity index (χ1) is 10.2. The Hall–Kier alpha value is -1.77. The van der Waals surface area contributed by atoms with Crippen molar-refractivity contribution in [3.05, 3.63) is 42.0 Å². The number of carbonyl (C=O) groups is 1. The second kappa shape index (κ2) is 7.87. The molecule has 2 rings (SSSR count). The molecule has 21 heavy (non-hydrogen) atoms. The predicted octanol–water partition coefficient (Wildman–Crippen LogP) is 3.16. The summed E-state index contributed by atoms with van der Waals surface area (Å²) in [4.78, 5) is 14.1. The van der Waals surface area contributed by atoms with Gasteiger partial charge in [0.2, 0.25) is 5.91 Å². The number of benzene rings is 1. The first-order valence-corrected chi connectivity index (χ1v) is 7.86. The minimum atomic E-state index is 0.189. The van der Waals surface area contributed by atoms with E-state index >= 15 is 0 Å². The summed E-state index contributed by atoms with van der Waals surface area (Å²) in [6.07, 6.45) is 9.23. The molecule has 3 nitrogen and oxygen atoms in total. The number of hydrogen-bond acceptors (Lipinski definition) is 2. The van der Waals surface area contributed by atoms with Gasteiger partial charge in [-0.05, 0) is 49.8 Å². The second-order valence-electron chi connectivity index (χ2n) is 5.94. The molecule has 1 N–H and O–H groups in total. The summed E-state index contributed by atoms with van der Waals surface area (Å²) in [5.74, 6) is 0.414. The van der Waals surface area contributed by atoms with Gasteiger partial charge in [-0.25, -0.2) is 0 Å². The largest absolute Gasteiger partial charge is 0.378 e. The van der Waals surface area contributed by atoms with Gasteiger partial charge >= 0.3 is 0 Å². The molecule has 0 bridgehead atoms. The highest BCUT2D eigenvalue weighted by Crippen LogP contribution is 2.18. The Morgan fingerprint density at radius 3 is 2.62 bits per heavy atom. The number of amides is 1. The van der Waals surface area contributed by atoms with Gasteiger partial charge in [-0.2, -0.15) is 0 Å². The maximum absolute atomic E-state index is 12.0. The normalized spacial score (nSPS) is 17.5. The molecule has 1 atom stereocenters. The zero-order chi connectivity index (χ0) is 15.1. The summed E-state index contributed by atoms with van der Waals surface area (Å²) in [5, 5.41) is 3.07. The van der Waals surface area contributed by atoms with Crippen LogP contribution in [0.4, 0.5) is 5.69 Å². The molecule has 0 radical (unpaired) electrons. The van der Waals surface area contributed by atoms with Crippen LogP contribution in [0.25, 0.3) is 0 Å². The third-order valence-corrected chi connectivity index (χ3v) is 4.03. The fourth-order valence-corrected chi connectivity index (χ4v) is 2.64. The van der Waals surface area contributed by atoms with Gasteiger partial charge in [0, 0.05) is 32.2 Å². The monoisotopic (exact) mass is 286 g/mol. The highest BCUT2D eigenvalue weighted by Gasteiger charge is 2.17. The quantitative estimate of drug-likeness (QED) is 0.643. The summed E-state index contributed by atoms with van der Waals surface area (Å²) in [6, 6.07) is 8.62. The van der Waals surface area contributed by atoms with E-state index in [9.17, 15) is 4.79 Å². The van der Waals surface area contributed by atoms with Gasteiger partial charge in [-0.1, -0.05) is 24.3 Å². The number of hydrogen-bond donors (Lipinski definition) is 1. The molecule has 0 saturated carbocycles. The van der Waals surface area contributed by atoms with Crippen molar-refractivity contribution < 1.29 is 4.79 Å². The van der Waals surface area contributed by atoms with Crippen molar-refractivity contribution in [2.45, 2.75) is 32.1 Å². The Morgan fingerprint density at radius 1 is 1.24 bits per heavy atom. The summed E-state index contributed by atoms with van der Waals surface area (Å²) in [6.45, 7) is 0.772. The number of anilines is 1. The molecule has 0 fully saturated rings. The molecule has 0 saturated heterocycles. The van der Waals surface area contributed by atoms with Gasteiger partial charge in [0.25, 0.3) is 0 Å². The van der Waals surface area contributed by atoms with E-state index in [4.69, 9.17) is 0 Å². The molecule has 1 aliphatic carbocycles.